The highest BCUT2D eigenvalue weighted by atomic mass is 35.5. The van der Waals surface area contributed by atoms with Gasteiger partial charge < -0.3 is 20.1 Å². The summed E-state index contributed by atoms with van der Waals surface area (Å²) >= 11 is 0. The van der Waals surface area contributed by atoms with Crippen LogP contribution in [-0.4, -0.2) is 57.4 Å². The fourth-order valence-electron chi connectivity index (χ4n) is 1.92. The lowest BCUT2D eigenvalue weighted by molar-refractivity contribution is -0.133. The van der Waals surface area contributed by atoms with Crippen LogP contribution >= 0.6 is 12.4 Å². The average Bonchev–Trinajstić information content (AvgIpc) is 2.48. The number of carbonyl (C=O) groups excluding carboxylic acids is 1. The predicted octanol–water partition coefficient (Wildman–Crippen LogP) is 1.10. The first-order valence-electron chi connectivity index (χ1n) is 6.75. The minimum Gasteiger partial charge on any atom is -0.383 e. The van der Waals surface area contributed by atoms with Gasteiger partial charge in [0.25, 0.3) is 0 Å². The van der Waals surface area contributed by atoms with Gasteiger partial charge in [0.2, 0.25) is 5.91 Å². The van der Waals surface area contributed by atoms with Crippen LogP contribution in [0.15, 0.2) is 30.3 Å². The van der Waals surface area contributed by atoms with Crippen LogP contribution in [0, 0.1) is 0 Å². The summed E-state index contributed by atoms with van der Waals surface area (Å²) in [5.74, 6) is -0.0667. The van der Waals surface area contributed by atoms with Crippen LogP contribution in [0.3, 0.4) is 0 Å². The number of halogens is 1. The van der Waals surface area contributed by atoms with Crippen molar-refractivity contribution in [3.05, 3.63) is 35.9 Å². The van der Waals surface area contributed by atoms with Crippen molar-refractivity contribution < 1.29 is 14.3 Å². The lowest BCUT2D eigenvalue weighted by Crippen LogP contribution is -2.47. The number of nitrogens with two attached hydrogens (primary N) is 1. The van der Waals surface area contributed by atoms with Crippen molar-refractivity contribution in [1.29, 1.82) is 0 Å². The van der Waals surface area contributed by atoms with Gasteiger partial charge in [-0.3, -0.25) is 4.79 Å². The Kier molecular flexibility index (Phi) is 10.9. The Hall–Kier alpha value is -1.14. The maximum Gasteiger partial charge on any atom is 0.239 e. The fourth-order valence-corrected chi connectivity index (χ4v) is 1.92. The highest BCUT2D eigenvalue weighted by Crippen LogP contribution is 2.04. The molecule has 120 valence electrons. The topological polar surface area (TPSA) is 64.8 Å². The lowest BCUT2D eigenvalue weighted by atomic mass is 10.1. The van der Waals surface area contributed by atoms with Crippen LogP contribution in [0.2, 0.25) is 0 Å². The molecular weight excluding hydrogens is 292 g/mol. The SMILES string of the molecule is COCCN(CCOC)C(=O)C(N)Cc1ccccc1.Cl. The fraction of sp³-hybridized carbons (Fsp3) is 0.533. The van der Waals surface area contributed by atoms with Gasteiger partial charge in [0.1, 0.15) is 0 Å². The van der Waals surface area contributed by atoms with Crippen LogP contribution < -0.4 is 5.73 Å². The third-order valence-corrected chi connectivity index (χ3v) is 3.06. The highest BCUT2D eigenvalue weighted by molar-refractivity contribution is 5.85. The van der Waals surface area contributed by atoms with E-state index in [2.05, 4.69) is 0 Å². The van der Waals surface area contributed by atoms with Gasteiger partial charge in [-0.2, -0.15) is 0 Å². The van der Waals surface area contributed by atoms with Crippen LogP contribution in [0.4, 0.5) is 0 Å². The standard InChI is InChI=1S/C15H24N2O3.ClH/c1-19-10-8-17(9-11-20-2)15(18)14(16)12-13-6-4-3-5-7-13;/h3-7,14H,8-12,16H2,1-2H3;1H. The Morgan fingerprint density at radius 3 is 2.14 bits per heavy atom. The number of hydrogen-bond acceptors (Lipinski definition) is 4. The molecule has 0 aliphatic rings. The number of methoxy groups -OCH3 is 2. The molecule has 1 aromatic carbocycles. The third kappa shape index (κ3) is 7.43. The van der Waals surface area contributed by atoms with Crippen LogP contribution in [0.25, 0.3) is 0 Å². The molecule has 0 spiro atoms. The van der Waals surface area contributed by atoms with E-state index in [-0.39, 0.29) is 18.3 Å². The maximum absolute atomic E-state index is 12.3. The first-order valence-corrected chi connectivity index (χ1v) is 6.75. The molecule has 0 saturated heterocycles. The summed E-state index contributed by atoms with van der Waals surface area (Å²) in [6, 6.07) is 9.25. The van der Waals surface area contributed by atoms with E-state index in [4.69, 9.17) is 15.2 Å². The maximum atomic E-state index is 12.3. The van der Waals surface area contributed by atoms with Crippen molar-refractivity contribution in [2.24, 2.45) is 5.73 Å². The number of nitrogens with zero attached hydrogens (tertiary/aromatic N) is 1. The zero-order chi connectivity index (χ0) is 14.8. The second kappa shape index (κ2) is 11.5. The van der Waals surface area contributed by atoms with Crippen molar-refractivity contribution in [2.75, 3.05) is 40.5 Å². The van der Waals surface area contributed by atoms with Gasteiger partial charge >= 0.3 is 0 Å². The minimum atomic E-state index is -0.536. The Balaban J connectivity index is 0.00000400. The molecule has 6 heteroatoms. The molecule has 0 aromatic heterocycles. The van der Waals surface area contributed by atoms with E-state index in [1.165, 1.54) is 0 Å². The van der Waals surface area contributed by atoms with E-state index in [0.717, 1.165) is 5.56 Å². The molecule has 21 heavy (non-hydrogen) atoms. The van der Waals surface area contributed by atoms with E-state index in [1.807, 2.05) is 30.3 Å². The average molecular weight is 317 g/mol. The first-order chi connectivity index (χ1) is 9.69. The molecule has 0 heterocycles. The summed E-state index contributed by atoms with van der Waals surface area (Å²) < 4.78 is 10.0. The minimum absolute atomic E-state index is 0. The van der Waals surface area contributed by atoms with Gasteiger partial charge in [-0.15, -0.1) is 12.4 Å². The molecule has 0 aliphatic heterocycles. The molecule has 1 atom stereocenters. The summed E-state index contributed by atoms with van der Waals surface area (Å²) in [5.41, 5.74) is 7.08. The van der Waals surface area contributed by atoms with Gasteiger partial charge in [0.05, 0.1) is 19.3 Å². The van der Waals surface area contributed by atoms with E-state index in [1.54, 1.807) is 19.1 Å². The summed E-state index contributed by atoms with van der Waals surface area (Å²) in [4.78, 5) is 14.0. The molecule has 5 nitrogen and oxygen atoms in total. The molecule has 0 aliphatic carbocycles. The molecule has 0 saturated carbocycles. The van der Waals surface area contributed by atoms with E-state index in [9.17, 15) is 4.79 Å². The summed E-state index contributed by atoms with van der Waals surface area (Å²) in [6.07, 6.45) is 0.538. The largest absolute Gasteiger partial charge is 0.383 e. The molecule has 0 bridgehead atoms. The summed E-state index contributed by atoms with van der Waals surface area (Å²) in [7, 11) is 3.23. The molecule has 1 unspecified atom stereocenters. The van der Waals surface area contributed by atoms with Gasteiger partial charge in [-0.05, 0) is 12.0 Å². The normalized spacial score (nSPS) is 11.6. The molecular formula is C15H25ClN2O3. The van der Waals surface area contributed by atoms with Crippen LogP contribution in [0.1, 0.15) is 5.56 Å². The molecule has 0 fully saturated rings. The molecule has 1 rings (SSSR count). The van der Waals surface area contributed by atoms with Crippen molar-refractivity contribution >= 4 is 18.3 Å². The van der Waals surface area contributed by atoms with Gasteiger partial charge in [0, 0.05) is 27.3 Å². The third-order valence-electron chi connectivity index (χ3n) is 3.06. The van der Waals surface area contributed by atoms with E-state index >= 15 is 0 Å². The van der Waals surface area contributed by atoms with Crippen LogP contribution in [0.5, 0.6) is 0 Å². The highest BCUT2D eigenvalue weighted by Gasteiger charge is 2.20. The Morgan fingerprint density at radius 1 is 1.14 bits per heavy atom. The van der Waals surface area contributed by atoms with Gasteiger partial charge in [-0.1, -0.05) is 30.3 Å². The molecule has 1 aromatic rings. The number of benzene rings is 1. The molecule has 1 amide bonds. The first kappa shape index (κ1) is 19.9. The molecule has 2 N–H and O–H groups in total. The van der Waals surface area contributed by atoms with Crippen LogP contribution in [-0.2, 0) is 20.7 Å². The zero-order valence-corrected chi connectivity index (χ0v) is 13.5. The number of hydrogen-bond donors (Lipinski definition) is 1. The lowest BCUT2D eigenvalue weighted by Gasteiger charge is -2.25. The Morgan fingerprint density at radius 2 is 1.67 bits per heavy atom. The second-order valence-corrected chi connectivity index (χ2v) is 4.61. The summed E-state index contributed by atoms with van der Waals surface area (Å²) in [6.45, 7) is 2.05. The predicted molar refractivity (Wildman–Crippen MR) is 85.7 cm³/mol. The monoisotopic (exact) mass is 316 g/mol. The number of carbonyl (C=O) groups is 1. The number of ether oxygens (including phenoxy) is 2. The van der Waals surface area contributed by atoms with Crippen molar-refractivity contribution in [3.8, 4) is 0 Å². The zero-order valence-electron chi connectivity index (χ0n) is 12.7. The molecule has 0 radical (unpaired) electrons. The van der Waals surface area contributed by atoms with Crippen molar-refractivity contribution in [2.45, 2.75) is 12.5 Å². The smallest absolute Gasteiger partial charge is 0.239 e. The van der Waals surface area contributed by atoms with E-state index < -0.39 is 6.04 Å². The quantitative estimate of drug-likeness (QED) is 0.741. The van der Waals surface area contributed by atoms with Crippen molar-refractivity contribution in [1.82, 2.24) is 4.90 Å². The van der Waals surface area contributed by atoms with Gasteiger partial charge in [-0.25, -0.2) is 0 Å². The van der Waals surface area contributed by atoms with Crippen molar-refractivity contribution in [3.63, 3.8) is 0 Å². The summed E-state index contributed by atoms with van der Waals surface area (Å²) in [5, 5.41) is 0. The van der Waals surface area contributed by atoms with E-state index in [0.29, 0.717) is 32.7 Å². The second-order valence-electron chi connectivity index (χ2n) is 4.61. The Bertz CT molecular complexity index is 382. The number of amides is 1. The van der Waals surface area contributed by atoms with Gasteiger partial charge in [0.15, 0.2) is 0 Å². The Labute approximate surface area is 132 Å². The number of rotatable bonds is 9.